The van der Waals surface area contributed by atoms with Gasteiger partial charge in [0.25, 0.3) is 0 Å². The molecule has 1 unspecified atom stereocenters. The fourth-order valence-corrected chi connectivity index (χ4v) is 5.53. The third-order valence-corrected chi connectivity index (χ3v) is 6.42. The first-order valence-corrected chi connectivity index (χ1v) is 16.0. The average molecular weight is 343 g/mol. The van der Waals surface area contributed by atoms with Gasteiger partial charge in [-0.15, -0.1) is 0 Å². The van der Waals surface area contributed by atoms with Crippen molar-refractivity contribution in [3.8, 4) is 0 Å². The summed E-state index contributed by atoms with van der Waals surface area (Å²) >= 11 is 0. The van der Waals surface area contributed by atoms with Crippen molar-refractivity contribution >= 4 is 16.1 Å². The Kier molecular flexibility index (Phi) is 7.20. The molecule has 0 aromatic carbocycles. The van der Waals surface area contributed by atoms with Gasteiger partial charge in [0.05, 0.1) is 8.07 Å². The molecule has 0 bridgehead atoms. The summed E-state index contributed by atoms with van der Waals surface area (Å²) in [7, 11) is -2.36. The standard InChI is InChI=1S/C18H42N2Si2/c1-17(2,3)15(13-21(7,8)9)19-20-16(18(4,5)6)14-22(10,11)12/h13,16,19-20H,14H2,1-12H3/b15-13-. The van der Waals surface area contributed by atoms with Gasteiger partial charge in [-0.25, -0.2) is 5.43 Å². The second kappa shape index (κ2) is 7.22. The van der Waals surface area contributed by atoms with Gasteiger partial charge in [-0.3, -0.25) is 0 Å². The monoisotopic (exact) mass is 342 g/mol. The van der Waals surface area contributed by atoms with E-state index in [1.165, 1.54) is 11.7 Å². The first-order chi connectivity index (χ1) is 9.42. The van der Waals surface area contributed by atoms with Crippen LogP contribution >= 0.6 is 0 Å². The maximum absolute atomic E-state index is 3.68. The zero-order valence-electron chi connectivity index (χ0n) is 17.4. The number of nitrogens with one attached hydrogen (secondary N) is 2. The van der Waals surface area contributed by atoms with Crippen LogP contribution in [0.5, 0.6) is 0 Å². The molecule has 0 saturated heterocycles. The summed E-state index contributed by atoms with van der Waals surface area (Å²) in [6.45, 7) is 28.4. The van der Waals surface area contributed by atoms with E-state index in [4.69, 9.17) is 0 Å². The van der Waals surface area contributed by atoms with Crippen LogP contribution in [0.4, 0.5) is 0 Å². The molecule has 0 radical (unpaired) electrons. The lowest BCUT2D eigenvalue weighted by molar-refractivity contribution is 0.257. The van der Waals surface area contributed by atoms with Gasteiger partial charge in [0.15, 0.2) is 0 Å². The Morgan fingerprint density at radius 3 is 1.64 bits per heavy atom. The molecule has 1 atom stereocenters. The van der Waals surface area contributed by atoms with E-state index in [1.54, 1.807) is 0 Å². The van der Waals surface area contributed by atoms with Crippen molar-refractivity contribution in [2.45, 2.75) is 92.9 Å². The van der Waals surface area contributed by atoms with Crippen LogP contribution in [0.15, 0.2) is 11.4 Å². The van der Waals surface area contributed by atoms with Crippen LogP contribution in [0.3, 0.4) is 0 Å². The first-order valence-electron chi connectivity index (χ1n) is 8.67. The van der Waals surface area contributed by atoms with Crippen molar-refractivity contribution < 1.29 is 0 Å². The zero-order valence-corrected chi connectivity index (χ0v) is 19.4. The quantitative estimate of drug-likeness (QED) is 0.482. The summed E-state index contributed by atoms with van der Waals surface area (Å²) in [6.07, 6.45) is 0. The van der Waals surface area contributed by atoms with Crippen LogP contribution in [-0.2, 0) is 0 Å². The van der Waals surface area contributed by atoms with Gasteiger partial charge in [0.1, 0.15) is 0 Å². The van der Waals surface area contributed by atoms with E-state index >= 15 is 0 Å². The van der Waals surface area contributed by atoms with E-state index in [-0.39, 0.29) is 10.8 Å². The van der Waals surface area contributed by atoms with Crippen LogP contribution < -0.4 is 10.9 Å². The molecule has 0 aliphatic rings. The highest BCUT2D eigenvalue weighted by atomic mass is 28.3. The Labute approximate surface area is 142 Å². The molecule has 0 saturated carbocycles. The van der Waals surface area contributed by atoms with Gasteiger partial charge < -0.3 is 5.43 Å². The molecule has 4 heteroatoms. The Morgan fingerprint density at radius 2 is 1.36 bits per heavy atom. The zero-order chi connectivity index (χ0) is 18.0. The second-order valence-corrected chi connectivity index (χ2v) is 21.7. The van der Waals surface area contributed by atoms with Gasteiger partial charge in [-0.1, -0.05) is 86.5 Å². The highest BCUT2D eigenvalue weighted by Crippen LogP contribution is 2.28. The molecule has 0 aromatic heterocycles. The van der Waals surface area contributed by atoms with Crippen LogP contribution in [0.1, 0.15) is 41.5 Å². The number of allylic oxidation sites excluding steroid dienone is 1. The van der Waals surface area contributed by atoms with E-state index in [9.17, 15) is 0 Å². The van der Waals surface area contributed by atoms with Crippen molar-refractivity contribution in [2.24, 2.45) is 10.8 Å². The van der Waals surface area contributed by atoms with Crippen molar-refractivity contribution in [1.82, 2.24) is 10.9 Å². The van der Waals surface area contributed by atoms with E-state index in [2.05, 4.69) is 97.4 Å². The number of hydrazine groups is 1. The lowest BCUT2D eigenvalue weighted by Crippen LogP contribution is -2.51. The molecule has 2 nitrogen and oxygen atoms in total. The second-order valence-electron chi connectivity index (χ2n) is 11.1. The third kappa shape index (κ3) is 9.85. The minimum atomic E-state index is -1.25. The summed E-state index contributed by atoms with van der Waals surface area (Å²) in [4.78, 5) is 0. The van der Waals surface area contributed by atoms with E-state index in [0.717, 1.165) is 0 Å². The minimum absolute atomic E-state index is 0.148. The van der Waals surface area contributed by atoms with Crippen molar-refractivity contribution in [3.05, 3.63) is 11.4 Å². The van der Waals surface area contributed by atoms with Crippen LogP contribution in [-0.4, -0.2) is 22.2 Å². The molecular formula is C18H42N2Si2. The highest BCUT2D eigenvalue weighted by Gasteiger charge is 2.30. The van der Waals surface area contributed by atoms with Crippen LogP contribution in [0, 0.1) is 10.8 Å². The lowest BCUT2D eigenvalue weighted by Gasteiger charge is -2.38. The molecular weight excluding hydrogens is 300 g/mol. The molecule has 132 valence electrons. The Balaban J connectivity index is 5.19. The van der Waals surface area contributed by atoms with E-state index in [1.807, 2.05) is 0 Å². The van der Waals surface area contributed by atoms with Crippen molar-refractivity contribution in [1.29, 1.82) is 0 Å². The topological polar surface area (TPSA) is 24.1 Å². The molecule has 0 aliphatic heterocycles. The number of hydrogen-bond acceptors (Lipinski definition) is 2. The Morgan fingerprint density at radius 1 is 0.909 bits per heavy atom. The molecule has 2 N–H and O–H groups in total. The molecule has 0 amide bonds. The molecule has 0 aliphatic carbocycles. The van der Waals surface area contributed by atoms with Gasteiger partial charge in [-0.2, -0.15) is 0 Å². The van der Waals surface area contributed by atoms with Crippen LogP contribution in [0.2, 0.25) is 45.3 Å². The molecule has 0 rings (SSSR count). The third-order valence-electron chi connectivity index (χ3n) is 3.63. The Bertz CT molecular complexity index is 374. The fourth-order valence-electron chi connectivity index (χ4n) is 2.22. The Hall–Kier alpha value is -0.0662. The first kappa shape index (κ1) is 21.9. The predicted molar refractivity (Wildman–Crippen MR) is 109 cm³/mol. The van der Waals surface area contributed by atoms with Crippen molar-refractivity contribution in [3.63, 3.8) is 0 Å². The van der Waals surface area contributed by atoms with Gasteiger partial charge in [0.2, 0.25) is 0 Å². The lowest BCUT2D eigenvalue weighted by atomic mass is 9.88. The molecule has 22 heavy (non-hydrogen) atoms. The smallest absolute Gasteiger partial charge is 0.0710 e. The average Bonchev–Trinajstić information content (AvgIpc) is 2.15. The van der Waals surface area contributed by atoms with Gasteiger partial charge >= 0.3 is 0 Å². The fraction of sp³-hybridized carbons (Fsp3) is 0.889. The SMILES string of the molecule is CC(C)(C)/C(=C/[Si](C)(C)C)NNC(C[Si](C)(C)C)C(C)(C)C. The predicted octanol–water partition coefficient (Wildman–Crippen LogP) is 5.64. The summed E-state index contributed by atoms with van der Waals surface area (Å²) in [5, 5.41) is 0. The van der Waals surface area contributed by atoms with Gasteiger partial charge in [0, 0.05) is 25.2 Å². The number of rotatable bonds is 6. The summed E-state index contributed by atoms with van der Waals surface area (Å²) in [5.74, 6) is 0. The van der Waals surface area contributed by atoms with Crippen LogP contribution in [0.25, 0.3) is 0 Å². The molecule has 0 aromatic rings. The summed E-state index contributed by atoms with van der Waals surface area (Å²) < 4.78 is 0. The molecule has 0 spiro atoms. The highest BCUT2D eigenvalue weighted by molar-refractivity contribution is 6.81. The summed E-state index contributed by atoms with van der Waals surface area (Å²) in [5.41, 5.74) is 11.5. The maximum Gasteiger partial charge on any atom is 0.0710 e. The normalized spacial score (nSPS) is 16.6. The largest absolute Gasteiger partial charge is 0.326 e. The van der Waals surface area contributed by atoms with Gasteiger partial charge in [-0.05, 0) is 11.5 Å². The maximum atomic E-state index is 3.68. The van der Waals surface area contributed by atoms with Crippen molar-refractivity contribution in [2.75, 3.05) is 0 Å². The molecule has 0 heterocycles. The van der Waals surface area contributed by atoms with E-state index in [0.29, 0.717) is 6.04 Å². The minimum Gasteiger partial charge on any atom is -0.326 e. The van der Waals surface area contributed by atoms with E-state index < -0.39 is 16.1 Å². The number of hydrogen-bond donors (Lipinski definition) is 2. The summed E-state index contributed by atoms with van der Waals surface area (Å²) in [6, 6.07) is 1.78. The molecule has 0 fully saturated rings.